The summed E-state index contributed by atoms with van der Waals surface area (Å²) in [6.07, 6.45) is 4.94. The van der Waals surface area contributed by atoms with Gasteiger partial charge in [0.25, 0.3) is 0 Å². The molecule has 3 N–H and O–H groups in total. The van der Waals surface area contributed by atoms with Gasteiger partial charge >= 0.3 is 5.97 Å². The van der Waals surface area contributed by atoms with Gasteiger partial charge in [0.15, 0.2) is 0 Å². The Balaban J connectivity index is 0.000000253. The predicted octanol–water partition coefficient (Wildman–Crippen LogP) is 2.53. The zero-order valence-corrected chi connectivity index (χ0v) is 12.9. The lowest BCUT2D eigenvalue weighted by atomic mass is 10.2. The molecule has 1 heterocycles. The van der Waals surface area contributed by atoms with E-state index < -0.39 is 5.91 Å². The number of ether oxygens (including phenoxy) is 1. The normalized spacial score (nSPS) is 9.43. The Morgan fingerprint density at radius 3 is 2.17 bits per heavy atom. The predicted molar refractivity (Wildman–Crippen MR) is 86.1 cm³/mol. The Hall–Kier alpha value is -2.89. The zero-order chi connectivity index (χ0) is 17.1. The number of aromatic nitrogens is 1. The fourth-order valence-electron chi connectivity index (χ4n) is 1.51. The molecule has 1 aromatic heterocycles. The van der Waals surface area contributed by atoms with Crippen LogP contribution in [0.2, 0.25) is 0 Å². The van der Waals surface area contributed by atoms with Gasteiger partial charge < -0.3 is 15.6 Å². The number of aromatic hydroxyl groups is 1. The number of carbonyl (C=O) groups is 2. The number of hydrogen-bond acceptors (Lipinski definition) is 5. The average molecular weight is 316 g/mol. The average Bonchev–Trinajstić information content (AvgIpc) is 2.57. The van der Waals surface area contributed by atoms with Crippen LogP contribution in [0.15, 0.2) is 48.8 Å². The van der Waals surface area contributed by atoms with Crippen LogP contribution in [-0.4, -0.2) is 28.6 Å². The van der Waals surface area contributed by atoms with Crippen LogP contribution in [0.3, 0.4) is 0 Å². The summed E-state index contributed by atoms with van der Waals surface area (Å²) in [5.74, 6) is -0.606. The summed E-state index contributed by atoms with van der Waals surface area (Å²) < 4.78 is 4.99. The Bertz CT molecular complexity index is 612. The van der Waals surface area contributed by atoms with Crippen LogP contribution in [0.4, 0.5) is 0 Å². The van der Waals surface area contributed by atoms with Gasteiger partial charge in [0.05, 0.1) is 12.2 Å². The van der Waals surface area contributed by atoms with Crippen molar-refractivity contribution in [2.45, 2.75) is 19.8 Å². The van der Waals surface area contributed by atoms with Gasteiger partial charge in [-0.3, -0.25) is 9.78 Å². The number of carbonyl (C=O) groups excluding carboxylic acids is 2. The number of phenolic OH excluding ortho intramolecular Hbond substituents is 1. The van der Waals surface area contributed by atoms with E-state index in [0.29, 0.717) is 17.7 Å². The lowest BCUT2D eigenvalue weighted by Crippen LogP contribution is -2.10. The third-order valence-electron chi connectivity index (χ3n) is 2.80. The van der Waals surface area contributed by atoms with Crippen molar-refractivity contribution in [2.75, 3.05) is 6.61 Å². The van der Waals surface area contributed by atoms with Crippen LogP contribution in [0.1, 0.15) is 40.5 Å². The van der Waals surface area contributed by atoms with Gasteiger partial charge in [0.1, 0.15) is 5.75 Å². The van der Waals surface area contributed by atoms with Crippen molar-refractivity contribution in [3.05, 3.63) is 59.9 Å². The first-order valence-corrected chi connectivity index (χ1v) is 7.20. The van der Waals surface area contributed by atoms with Crippen molar-refractivity contribution in [3.8, 4) is 5.75 Å². The summed E-state index contributed by atoms with van der Waals surface area (Å²) >= 11 is 0. The van der Waals surface area contributed by atoms with E-state index in [-0.39, 0.29) is 11.7 Å². The molecule has 0 saturated heterocycles. The molecule has 0 saturated carbocycles. The summed E-state index contributed by atoms with van der Waals surface area (Å²) in [4.78, 5) is 25.4. The first-order valence-electron chi connectivity index (χ1n) is 7.20. The molecule has 0 aliphatic heterocycles. The smallest absolute Gasteiger partial charge is 0.338 e. The van der Waals surface area contributed by atoms with Gasteiger partial charge in [-0.15, -0.1) is 0 Å². The quantitative estimate of drug-likeness (QED) is 0.652. The Kier molecular flexibility index (Phi) is 7.85. The third-order valence-corrected chi connectivity index (χ3v) is 2.80. The van der Waals surface area contributed by atoms with Crippen molar-refractivity contribution >= 4 is 11.9 Å². The number of nitrogens with zero attached hydrogens (tertiary/aromatic N) is 1. The molecule has 2 rings (SSSR count). The highest BCUT2D eigenvalue weighted by molar-refractivity contribution is 5.92. The van der Waals surface area contributed by atoms with Gasteiger partial charge in [-0.25, -0.2) is 4.79 Å². The van der Waals surface area contributed by atoms with E-state index in [4.69, 9.17) is 15.6 Å². The molecule has 0 unspecified atom stereocenters. The van der Waals surface area contributed by atoms with Crippen molar-refractivity contribution in [1.29, 1.82) is 0 Å². The van der Waals surface area contributed by atoms with Crippen molar-refractivity contribution in [2.24, 2.45) is 5.73 Å². The SMILES string of the molecule is CCCCOC(=O)c1ccc(O)cc1.NC(=O)c1ccncc1. The van der Waals surface area contributed by atoms with Gasteiger partial charge in [-0.05, 0) is 42.8 Å². The van der Waals surface area contributed by atoms with Crippen LogP contribution in [0.5, 0.6) is 5.75 Å². The summed E-state index contributed by atoms with van der Waals surface area (Å²) in [6, 6.07) is 9.17. The van der Waals surface area contributed by atoms with E-state index >= 15 is 0 Å². The molecular weight excluding hydrogens is 296 g/mol. The Morgan fingerprint density at radius 1 is 1.09 bits per heavy atom. The summed E-state index contributed by atoms with van der Waals surface area (Å²) in [6.45, 7) is 2.49. The number of nitrogens with two attached hydrogens (primary N) is 1. The van der Waals surface area contributed by atoms with Crippen LogP contribution < -0.4 is 5.73 Å². The molecule has 0 aliphatic carbocycles. The fourth-order valence-corrected chi connectivity index (χ4v) is 1.51. The van der Waals surface area contributed by atoms with E-state index in [9.17, 15) is 9.59 Å². The Labute approximate surface area is 134 Å². The number of amides is 1. The first kappa shape index (κ1) is 18.2. The number of phenols is 1. The highest BCUT2D eigenvalue weighted by atomic mass is 16.5. The standard InChI is InChI=1S/C11H14O3.C6H6N2O/c1-2-3-8-14-11(13)9-4-6-10(12)7-5-9;7-6(9)5-1-3-8-4-2-5/h4-7,12H,2-3,8H2,1H3;1-4H,(H2,7,9). The highest BCUT2D eigenvalue weighted by Crippen LogP contribution is 2.10. The molecule has 0 aliphatic rings. The number of unbranched alkanes of at least 4 members (excludes halogenated alkanes) is 1. The van der Waals surface area contributed by atoms with E-state index in [0.717, 1.165) is 12.8 Å². The summed E-state index contributed by atoms with van der Waals surface area (Å²) in [7, 11) is 0. The first-order chi connectivity index (χ1) is 11.0. The molecule has 23 heavy (non-hydrogen) atoms. The second-order valence-corrected chi connectivity index (χ2v) is 4.64. The lowest BCUT2D eigenvalue weighted by molar-refractivity contribution is 0.0499. The molecule has 122 valence electrons. The minimum atomic E-state index is -0.419. The molecule has 0 bridgehead atoms. The molecule has 0 fully saturated rings. The summed E-state index contributed by atoms with van der Waals surface area (Å²) in [5.41, 5.74) is 5.91. The number of benzene rings is 1. The number of esters is 1. The van der Waals surface area contributed by atoms with Gasteiger partial charge in [-0.1, -0.05) is 13.3 Å². The maximum absolute atomic E-state index is 11.3. The maximum Gasteiger partial charge on any atom is 0.338 e. The number of rotatable bonds is 5. The van der Waals surface area contributed by atoms with Crippen molar-refractivity contribution < 1.29 is 19.4 Å². The van der Waals surface area contributed by atoms with Gasteiger partial charge in [-0.2, -0.15) is 0 Å². The summed E-state index contributed by atoms with van der Waals surface area (Å²) in [5, 5.41) is 9.00. The largest absolute Gasteiger partial charge is 0.508 e. The minimum absolute atomic E-state index is 0.148. The molecule has 2 aromatic rings. The molecule has 1 amide bonds. The van der Waals surface area contributed by atoms with Crippen molar-refractivity contribution in [1.82, 2.24) is 4.98 Å². The number of primary amides is 1. The number of hydrogen-bond donors (Lipinski definition) is 2. The molecule has 6 nitrogen and oxygen atoms in total. The maximum atomic E-state index is 11.3. The van der Waals surface area contributed by atoms with Crippen LogP contribution in [0, 0.1) is 0 Å². The topological polar surface area (TPSA) is 103 Å². The molecule has 6 heteroatoms. The fraction of sp³-hybridized carbons (Fsp3) is 0.235. The second-order valence-electron chi connectivity index (χ2n) is 4.64. The van der Waals surface area contributed by atoms with E-state index in [1.54, 1.807) is 24.3 Å². The third kappa shape index (κ3) is 7.08. The second kappa shape index (κ2) is 9.94. The van der Waals surface area contributed by atoms with Crippen LogP contribution >= 0.6 is 0 Å². The highest BCUT2D eigenvalue weighted by Gasteiger charge is 2.05. The van der Waals surface area contributed by atoms with Gasteiger partial charge in [0.2, 0.25) is 5.91 Å². The van der Waals surface area contributed by atoms with Crippen molar-refractivity contribution in [3.63, 3.8) is 0 Å². The molecular formula is C17H20N2O4. The van der Waals surface area contributed by atoms with E-state index in [1.165, 1.54) is 24.5 Å². The molecule has 0 radical (unpaired) electrons. The van der Waals surface area contributed by atoms with E-state index in [1.807, 2.05) is 6.92 Å². The zero-order valence-electron chi connectivity index (χ0n) is 12.9. The van der Waals surface area contributed by atoms with E-state index in [2.05, 4.69) is 4.98 Å². The lowest BCUT2D eigenvalue weighted by Gasteiger charge is -2.03. The monoisotopic (exact) mass is 316 g/mol. The molecule has 0 spiro atoms. The van der Waals surface area contributed by atoms with Crippen LogP contribution in [0.25, 0.3) is 0 Å². The molecule has 0 atom stereocenters. The molecule has 1 aromatic carbocycles. The Morgan fingerprint density at radius 2 is 1.70 bits per heavy atom. The minimum Gasteiger partial charge on any atom is -0.508 e. The van der Waals surface area contributed by atoms with Crippen LogP contribution in [-0.2, 0) is 4.74 Å². The number of pyridine rings is 1. The van der Waals surface area contributed by atoms with Gasteiger partial charge in [0, 0.05) is 18.0 Å².